The van der Waals surface area contributed by atoms with Crippen molar-refractivity contribution in [2.24, 2.45) is 0 Å². The Kier molecular flexibility index (Phi) is 9.24. The maximum Gasteiger partial charge on any atom is 0.254 e. The minimum Gasteiger partial charge on any atom is -0.383 e. The summed E-state index contributed by atoms with van der Waals surface area (Å²) >= 11 is 1.69. The summed E-state index contributed by atoms with van der Waals surface area (Å²) in [6, 6.07) is 31.6. The van der Waals surface area contributed by atoms with E-state index in [1.54, 1.807) is 23.3 Å². The largest absolute Gasteiger partial charge is 0.383 e. The molecule has 0 saturated carbocycles. The molecule has 4 rings (SSSR count). The summed E-state index contributed by atoms with van der Waals surface area (Å²) < 4.78 is 5.25. The van der Waals surface area contributed by atoms with E-state index in [1.165, 1.54) is 4.88 Å². The second kappa shape index (κ2) is 13.0. The lowest BCUT2D eigenvalue weighted by molar-refractivity contribution is -0.133. The maximum absolute atomic E-state index is 13.6. The molecule has 190 valence electrons. The molecule has 0 aliphatic carbocycles. The summed E-state index contributed by atoms with van der Waals surface area (Å²) in [5.74, 6) is -0.281. The molecule has 2 amide bonds. The number of amides is 2. The van der Waals surface area contributed by atoms with Crippen molar-refractivity contribution in [1.82, 2.24) is 9.80 Å². The SMILES string of the molecule is COCCN(CC(=O)N(Cc1ccccc1)Cc1ccc(C)s1)C(=O)c1ccc(-c2ccccc2)cc1. The highest BCUT2D eigenvalue weighted by Gasteiger charge is 2.23. The number of hydrogen-bond donors (Lipinski definition) is 0. The van der Waals surface area contributed by atoms with Crippen molar-refractivity contribution in [3.63, 3.8) is 0 Å². The fraction of sp³-hybridized carbons (Fsp3) is 0.226. The van der Waals surface area contributed by atoms with E-state index in [2.05, 4.69) is 19.1 Å². The number of thiophene rings is 1. The Morgan fingerprint density at radius 2 is 1.41 bits per heavy atom. The van der Waals surface area contributed by atoms with Crippen LogP contribution in [0.3, 0.4) is 0 Å². The van der Waals surface area contributed by atoms with Gasteiger partial charge in [-0.2, -0.15) is 0 Å². The van der Waals surface area contributed by atoms with E-state index in [-0.39, 0.29) is 18.4 Å². The molecular weight excluding hydrogens is 480 g/mol. The van der Waals surface area contributed by atoms with Crippen LogP contribution in [0.1, 0.15) is 25.7 Å². The Hall–Kier alpha value is -3.74. The third-order valence-electron chi connectivity index (χ3n) is 6.13. The number of ether oxygens (including phenoxy) is 1. The van der Waals surface area contributed by atoms with Crippen LogP contribution in [-0.2, 0) is 22.6 Å². The van der Waals surface area contributed by atoms with E-state index in [0.717, 1.165) is 21.6 Å². The smallest absolute Gasteiger partial charge is 0.254 e. The van der Waals surface area contributed by atoms with E-state index < -0.39 is 0 Å². The van der Waals surface area contributed by atoms with E-state index >= 15 is 0 Å². The monoisotopic (exact) mass is 512 g/mol. The van der Waals surface area contributed by atoms with Crippen LogP contribution in [0.2, 0.25) is 0 Å². The first kappa shape index (κ1) is 26.3. The highest BCUT2D eigenvalue weighted by Crippen LogP contribution is 2.21. The zero-order valence-electron chi connectivity index (χ0n) is 21.3. The maximum atomic E-state index is 13.6. The highest BCUT2D eigenvalue weighted by atomic mass is 32.1. The second-order valence-electron chi connectivity index (χ2n) is 8.91. The predicted octanol–water partition coefficient (Wildman–Crippen LogP) is 6.04. The third-order valence-corrected chi connectivity index (χ3v) is 7.11. The molecule has 0 aliphatic heterocycles. The number of rotatable bonds is 11. The van der Waals surface area contributed by atoms with Gasteiger partial charge in [-0.15, -0.1) is 11.3 Å². The molecule has 0 atom stereocenters. The van der Waals surface area contributed by atoms with E-state index in [9.17, 15) is 9.59 Å². The zero-order chi connectivity index (χ0) is 26.0. The molecule has 37 heavy (non-hydrogen) atoms. The lowest BCUT2D eigenvalue weighted by Gasteiger charge is -2.27. The molecule has 0 radical (unpaired) electrons. The third kappa shape index (κ3) is 7.38. The van der Waals surface area contributed by atoms with Gasteiger partial charge in [0, 0.05) is 35.5 Å². The van der Waals surface area contributed by atoms with Crippen molar-refractivity contribution in [1.29, 1.82) is 0 Å². The molecule has 0 spiro atoms. The molecule has 0 N–H and O–H groups in total. The van der Waals surface area contributed by atoms with Crippen LogP contribution < -0.4 is 0 Å². The van der Waals surface area contributed by atoms with Gasteiger partial charge >= 0.3 is 0 Å². The Morgan fingerprint density at radius 1 is 0.757 bits per heavy atom. The van der Waals surface area contributed by atoms with Gasteiger partial charge in [0.25, 0.3) is 5.91 Å². The number of nitrogens with zero attached hydrogens (tertiary/aromatic N) is 2. The van der Waals surface area contributed by atoms with Gasteiger partial charge in [-0.1, -0.05) is 72.8 Å². The Bertz CT molecular complexity index is 1290. The van der Waals surface area contributed by atoms with Gasteiger partial charge in [-0.3, -0.25) is 9.59 Å². The molecule has 0 saturated heterocycles. The van der Waals surface area contributed by atoms with Gasteiger partial charge < -0.3 is 14.5 Å². The summed E-state index contributed by atoms with van der Waals surface area (Å²) in [6.07, 6.45) is 0. The average Bonchev–Trinajstić information content (AvgIpc) is 3.35. The summed E-state index contributed by atoms with van der Waals surface area (Å²) in [6.45, 7) is 3.72. The van der Waals surface area contributed by atoms with Gasteiger partial charge in [0.1, 0.15) is 6.54 Å². The first-order chi connectivity index (χ1) is 18.0. The van der Waals surface area contributed by atoms with Crippen LogP contribution >= 0.6 is 11.3 Å². The molecule has 0 aliphatic rings. The van der Waals surface area contributed by atoms with Gasteiger partial charge in [0.15, 0.2) is 0 Å². The average molecular weight is 513 g/mol. The summed E-state index contributed by atoms with van der Waals surface area (Å²) in [5.41, 5.74) is 3.73. The highest BCUT2D eigenvalue weighted by molar-refractivity contribution is 7.11. The number of carbonyl (C=O) groups excluding carboxylic acids is 2. The van der Waals surface area contributed by atoms with Crippen molar-refractivity contribution in [2.45, 2.75) is 20.0 Å². The lowest BCUT2D eigenvalue weighted by Crippen LogP contribution is -2.43. The molecule has 6 heteroatoms. The van der Waals surface area contributed by atoms with Crippen molar-refractivity contribution in [3.05, 3.63) is 118 Å². The van der Waals surface area contributed by atoms with Gasteiger partial charge in [0.2, 0.25) is 5.91 Å². The molecule has 1 aromatic heterocycles. The normalized spacial score (nSPS) is 10.8. The number of carbonyl (C=O) groups is 2. The van der Waals surface area contributed by atoms with Crippen molar-refractivity contribution in [3.8, 4) is 11.1 Å². The second-order valence-corrected chi connectivity index (χ2v) is 10.3. The van der Waals surface area contributed by atoms with Crippen LogP contribution in [0.4, 0.5) is 0 Å². The Balaban J connectivity index is 1.52. The summed E-state index contributed by atoms with van der Waals surface area (Å²) in [7, 11) is 1.60. The van der Waals surface area contributed by atoms with Crippen molar-refractivity contribution < 1.29 is 14.3 Å². The zero-order valence-corrected chi connectivity index (χ0v) is 22.1. The van der Waals surface area contributed by atoms with Crippen LogP contribution in [-0.4, -0.2) is 48.4 Å². The molecule has 4 aromatic rings. The van der Waals surface area contributed by atoms with Gasteiger partial charge in [-0.25, -0.2) is 0 Å². The first-order valence-electron chi connectivity index (χ1n) is 12.3. The molecular formula is C31H32N2O3S. The summed E-state index contributed by atoms with van der Waals surface area (Å²) in [4.78, 5) is 32.8. The van der Waals surface area contributed by atoms with Crippen LogP contribution in [0.15, 0.2) is 97.1 Å². The number of benzene rings is 3. The molecule has 3 aromatic carbocycles. The molecule has 0 unspecified atom stereocenters. The molecule has 1 heterocycles. The van der Waals surface area contributed by atoms with E-state index in [1.807, 2.05) is 89.8 Å². The first-order valence-corrected chi connectivity index (χ1v) is 13.2. The number of aryl methyl sites for hydroxylation is 1. The predicted molar refractivity (Wildman–Crippen MR) is 149 cm³/mol. The standard InChI is InChI=1S/C31H32N2O3S/c1-24-13-18-29(37-24)22-33(21-25-9-5-3-6-10-25)30(34)23-32(19-20-36-2)31(35)28-16-14-27(15-17-28)26-11-7-4-8-12-26/h3-18H,19-23H2,1-2H3. The lowest BCUT2D eigenvalue weighted by atomic mass is 10.0. The van der Waals surface area contributed by atoms with Gasteiger partial charge in [-0.05, 0) is 47.9 Å². The van der Waals surface area contributed by atoms with Crippen LogP contribution in [0, 0.1) is 6.92 Å². The minimum absolute atomic E-state index is 0.0141. The number of methoxy groups -OCH3 is 1. The fourth-order valence-corrected chi connectivity index (χ4v) is 5.04. The van der Waals surface area contributed by atoms with Crippen molar-refractivity contribution >= 4 is 23.2 Å². The molecule has 0 bridgehead atoms. The van der Waals surface area contributed by atoms with Gasteiger partial charge in [0.05, 0.1) is 13.2 Å². The number of hydrogen-bond acceptors (Lipinski definition) is 4. The quantitative estimate of drug-likeness (QED) is 0.246. The minimum atomic E-state index is -0.184. The van der Waals surface area contributed by atoms with Crippen LogP contribution in [0.5, 0.6) is 0 Å². The molecule has 5 nitrogen and oxygen atoms in total. The van der Waals surface area contributed by atoms with Crippen molar-refractivity contribution in [2.75, 3.05) is 26.8 Å². The Labute approximate surface area is 222 Å². The van der Waals surface area contributed by atoms with Crippen LogP contribution in [0.25, 0.3) is 11.1 Å². The van der Waals surface area contributed by atoms with E-state index in [0.29, 0.717) is 31.8 Å². The molecule has 0 fully saturated rings. The topological polar surface area (TPSA) is 49.9 Å². The fourth-order valence-electron chi connectivity index (χ4n) is 4.13. The summed E-state index contributed by atoms with van der Waals surface area (Å²) in [5, 5.41) is 0. The Morgan fingerprint density at radius 3 is 2.03 bits per heavy atom. The van der Waals surface area contributed by atoms with E-state index in [4.69, 9.17) is 4.74 Å².